The normalized spacial score (nSPS) is 15.4. The molecule has 0 unspecified atom stereocenters. The highest BCUT2D eigenvalue weighted by Gasteiger charge is 2.29. The quantitative estimate of drug-likeness (QED) is 0.764. The van der Waals surface area contributed by atoms with Crippen molar-refractivity contribution in [1.82, 2.24) is 9.88 Å². The molecule has 5 nitrogen and oxygen atoms in total. The van der Waals surface area contributed by atoms with Crippen LogP contribution in [0.3, 0.4) is 0 Å². The average molecular weight is 348 g/mol. The Morgan fingerprint density at radius 2 is 2.04 bits per heavy atom. The number of nitrogens with zero attached hydrogens (tertiary/aromatic N) is 1. The number of aromatic hydroxyl groups is 1. The van der Waals surface area contributed by atoms with E-state index in [2.05, 4.69) is 5.32 Å². The number of carbonyl (C=O) groups is 1. The maximum Gasteiger partial charge on any atom is 0.267 e. The van der Waals surface area contributed by atoms with Gasteiger partial charge >= 0.3 is 0 Å². The molecule has 26 heavy (non-hydrogen) atoms. The van der Waals surface area contributed by atoms with Crippen LogP contribution in [0.15, 0.2) is 47.3 Å². The van der Waals surface area contributed by atoms with E-state index < -0.39 is 11.5 Å². The van der Waals surface area contributed by atoms with Crippen LogP contribution in [0.4, 0.5) is 0 Å². The van der Waals surface area contributed by atoms with E-state index in [0.717, 1.165) is 28.6 Å². The number of hydrogen-bond donors (Lipinski definition) is 2. The van der Waals surface area contributed by atoms with Crippen molar-refractivity contribution in [3.05, 3.63) is 75.1 Å². The van der Waals surface area contributed by atoms with Gasteiger partial charge < -0.3 is 15.0 Å². The molecule has 1 aliphatic heterocycles. The molecule has 2 N–H and O–H groups in total. The smallest absolute Gasteiger partial charge is 0.267 e. The molecule has 1 aliphatic rings. The van der Waals surface area contributed by atoms with Crippen molar-refractivity contribution in [1.29, 1.82) is 0 Å². The first kappa shape index (κ1) is 16.4. The summed E-state index contributed by atoms with van der Waals surface area (Å²) in [4.78, 5) is 25.6. The van der Waals surface area contributed by atoms with Crippen molar-refractivity contribution in [3.63, 3.8) is 0 Å². The van der Waals surface area contributed by atoms with Crippen molar-refractivity contribution in [2.75, 3.05) is 0 Å². The number of carbonyl (C=O) groups excluding carboxylic acids is 1. The number of pyridine rings is 1. The SMILES string of the molecule is Cc1cccc(CNC(=O)c2c(O)c3cccc4c3n(c2=O)[C@@H](C)C4)c1. The minimum Gasteiger partial charge on any atom is -0.506 e. The second-order valence-electron chi connectivity index (χ2n) is 6.94. The molecule has 5 heteroatoms. The fourth-order valence-electron chi connectivity index (χ4n) is 3.82. The Kier molecular flexibility index (Phi) is 3.80. The second-order valence-corrected chi connectivity index (χ2v) is 6.94. The van der Waals surface area contributed by atoms with Crippen molar-refractivity contribution in [3.8, 4) is 5.75 Å². The van der Waals surface area contributed by atoms with Gasteiger partial charge in [-0.15, -0.1) is 0 Å². The number of aromatic nitrogens is 1. The average Bonchev–Trinajstić information content (AvgIpc) is 2.95. The highest BCUT2D eigenvalue weighted by atomic mass is 16.3. The van der Waals surface area contributed by atoms with Gasteiger partial charge in [0, 0.05) is 18.0 Å². The predicted molar refractivity (Wildman–Crippen MR) is 101 cm³/mol. The topological polar surface area (TPSA) is 71.3 Å². The van der Waals surface area contributed by atoms with Gasteiger partial charge in [-0.25, -0.2) is 0 Å². The summed E-state index contributed by atoms with van der Waals surface area (Å²) in [5, 5.41) is 13.9. The van der Waals surface area contributed by atoms with Gasteiger partial charge in [0.25, 0.3) is 11.5 Å². The van der Waals surface area contributed by atoms with E-state index in [0.29, 0.717) is 11.9 Å². The highest BCUT2D eigenvalue weighted by molar-refractivity contribution is 6.03. The lowest BCUT2D eigenvalue weighted by Crippen LogP contribution is -2.33. The largest absolute Gasteiger partial charge is 0.506 e. The second kappa shape index (κ2) is 6.02. The standard InChI is InChI=1S/C21H20N2O3/c1-12-5-3-6-14(9-12)11-22-20(25)17-19(24)16-8-4-7-15-10-13(2)23(18(15)16)21(17)26/h3-9,13,24H,10-11H2,1-2H3,(H,22,25)/t13-/m0/s1. The van der Waals surface area contributed by atoms with E-state index >= 15 is 0 Å². The molecule has 2 aromatic carbocycles. The molecule has 3 aromatic rings. The molecule has 4 rings (SSSR count). The molecule has 2 heterocycles. The minimum absolute atomic E-state index is 0.0358. The third kappa shape index (κ3) is 2.47. The number of benzene rings is 2. The number of para-hydroxylation sites is 1. The number of amides is 1. The van der Waals surface area contributed by atoms with Crippen LogP contribution < -0.4 is 10.9 Å². The van der Waals surface area contributed by atoms with Crippen LogP contribution in [-0.4, -0.2) is 15.6 Å². The molecule has 132 valence electrons. The van der Waals surface area contributed by atoms with Gasteiger partial charge in [0.05, 0.1) is 5.52 Å². The monoisotopic (exact) mass is 348 g/mol. The van der Waals surface area contributed by atoms with Gasteiger partial charge in [-0.05, 0) is 37.5 Å². The maximum absolute atomic E-state index is 12.9. The van der Waals surface area contributed by atoms with Crippen molar-refractivity contribution in [2.24, 2.45) is 0 Å². The summed E-state index contributed by atoms with van der Waals surface area (Å²) in [5.41, 5.74) is 3.18. The first-order valence-corrected chi connectivity index (χ1v) is 8.70. The molecule has 0 bridgehead atoms. The molecule has 1 aromatic heterocycles. The van der Waals surface area contributed by atoms with E-state index in [-0.39, 0.29) is 17.4 Å². The summed E-state index contributed by atoms with van der Waals surface area (Å²) < 4.78 is 1.63. The summed E-state index contributed by atoms with van der Waals surface area (Å²) in [5.74, 6) is -0.789. The molecule has 0 saturated carbocycles. The summed E-state index contributed by atoms with van der Waals surface area (Å²) in [6, 6.07) is 13.3. The Morgan fingerprint density at radius 1 is 1.27 bits per heavy atom. The number of aryl methyl sites for hydroxylation is 1. The fourth-order valence-corrected chi connectivity index (χ4v) is 3.82. The lowest BCUT2D eigenvalue weighted by atomic mass is 10.1. The lowest BCUT2D eigenvalue weighted by Gasteiger charge is -2.14. The molecule has 1 amide bonds. The Morgan fingerprint density at radius 3 is 2.81 bits per heavy atom. The zero-order valence-electron chi connectivity index (χ0n) is 14.7. The minimum atomic E-state index is -0.552. The van der Waals surface area contributed by atoms with Crippen LogP contribution in [0, 0.1) is 6.92 Å². The molecule has 0 saturated heterocycles. The van der Waals surface area contributed by atoms with Crippen LogP contribution in [0.25, 0.3) is 10.9 Å². The van der Waals surface area contributed by atoms with Crippen molar-refractivity contribution < 1.29 is 9.90 Å². The fraction of sp³-hybridized carbons (Fsp3) is 0.238. The van der Waals surface area contributed by atoms with E-state index in [1.165, 1.54) is 0 Å². The Balaban J connectivity index is 1.76. The van der Waals surface area contributed by atoms with Gasteiger partial charge in [-0.1, -0.05) is 42.0 Å². The van der Waals surface area contributed by atoms with Crippen LogP contribution in [0.5, 0.6) is 5.75 Å². The number of rotatable bonds is 3. The van der Waals surface area contributed by atoms with Gasteiger partial charge in [-0.2, -0.15) is 0 Å². The lowest BCUT2D eigenvalue weighted by molar-refractivity contribution is 0.0946. The molecular formula is C21H20N2O3. The third-order valence-electron chi connectivity index (χ3n) is 5.00. The molecule has 0 aliphatic carbocycles. The Hall–Kier alpha value is -3.08. The Labute approximate surface area is 150 Å². The molecular weight excluding hydrogens is 328 g/mol. The van der Waals surface area contributed by atoms with Crippen molar-refractivity contribution >= 4 is 16.8 Å². The first-order valence-electron chi connectivity index (χ1n) is 8.70. The van der Waals surface area contributed by atoms with Gasteiger partial charge in [0.1, 0.15) is 11.3 Å². The van der Waals surface area contributed by atoms with Gasteiger partial charge in [-0.3, -0.25) is 9.59 Å². The number of nitrogens with one attached hydrogen (secondary N) is 1. The van der Waals surface area contributed by atoms with E-state index in [9.17, 15) is 14.7 Å². The molecule has 0 radical (unpaired) electrons. The van der Waals surface area contributed by atoms with Gasteiger partial charge in [0.2, 0.25) is 0 Å². The van der Waals surface area contributed by atoms with Crippen LogP contribution in [-0.2, 0) is 13.0 Å². The van der Waals surface area contributed by atoms with E-state index in [4.69, 9.17) is 0 Å². The summed E-state index contributed by atoms with van der Waals surface area (Å²) in [6.45, 7) is 4.23. The van der Waals surface area contributed by atoms with E-state index in [1.54, 1.807) is 10.6 Å². The zero-order valence-corrected chi connectivity index (χ0v) is 14.7. The zero-order chi connectivity index (χ0) is 18.4. The highest BCUT2D eigenvalue weighted by Crippen LogP contribution is 2.35. The molecule has 0 fully saturated rings. The van der Waals surface area contributed by atoms with Crippen LogP contribution in [0.1, 0.15) is 40.0 Å². The molecule has 0 spiro atoms. The number of hydrogen-bond acceptors (Lipinski definition) is 3. The summed E-state index contributed by atoms with van der Waals surface area (Å²) >= 11 is 0. The summed E-state index contributed by atoms with van der Waals surface area (Å²) in [6.07, 6.45) is 0.723. The summed E-state index contributed by atoms with van der Waals surface area (Å²) in [7, 11) is 0. The first-order chi connectivity index (χ1) is 12.5. The van der Waals surface area contributed by atoms with Crippen LogP contribution >= 0.6 is 0 Å². The molecule has 1 atom stereocenters. The Bertz CT molecular complexity index is 1100. The van der Waals surface area contributed by atoms with Crippen molar-refractivity contribution in [2.45, 2.75) is 32.9 Å². The third-order valence-corrected chi connectivity index (χ3v) is 5.00. The predicted octanol–water partition coefficient (Wildman–Crippen LogP) is 3.06. The maximum atomic E-state index is 12.9. The van der Waals surface area contributed by atoms with E-state index in [1.807, 2.05) is 50.2 Å². The van der Waals surface area contributed by atoms with Crippen LogP contribution in [0.2, 0.25) is 0 Å². The van der Waals surface area contributed by atoms with Gasteiger partial charge in [0.15, 0.2) is 0 Å².